The topological polar surface area (TPSA) is 57.5 Å². The molecule has 0 aromatic rings. The van der Waals surface area contributed by atoms with Crippen LogP contribution in [0, 0.1) is 46.3 Å². The Morgan fingerprint density at radius 1 is 1.10 bits per heavy atom. The van der Waals surface area contributed by atoms with E-state index in [-0.39, 0.29) is 29.5 Å². The molecule has 2 fully saturated rings. The number of aliphatic hydroxyl groups excluding tert-OH is 2. The lowest BCUT2D eigenvalue weighted by atomic mass is 9.56. The fraction of sp³-hybridized carbons (Fsp3) is 0.893. The molecular weight excluding hydrogens is 384 g/mol. The largest absolute Gasteiger partial charge is 0.396 e. The van der Waals surface area contributed by atoms with Crippen molar-refractivity contribution in [2.24, 2.45) is 46.3 Å². The maximum absolute atomic E-state index is 13.8. The van der Waals surface area contributed by atoms with Crippen molar-refractivity contribution < 1.29 is 15.0 Å². The zero-order valence-electron chi connectivity index (χ0n) is 21.0. The number of carbonyl (C=O) groups excluding carboxylic acids is 1. The van der Waals surface area contributed by atoms with Crippen LogP contribution >= 0.6 is 0 Å². The SMILES string of the molecule is CC(C)C(C)CCC(C)C1CCC(C2CC=C3CC(O)CCC3(C)C2=O)C1(C)CCO. The van der Waals surface area contributed by atoms with Crippen molar-refractivity contribution in [1.82, 2.24) is 0 Å². The minimum absolute atomic E-state index is 0.0332. The van der Waals surface area contributed by atoms with E-state index in [0.29, 0.717) is 30.0 Å². The first kappa shape index (κ1) is 25.0. The summed E-state index contributed by atoms with van der Waals surface area (Å²) in [7, 11) is 0. The van der Waals surface area contributed by atoms with Gasteiger partial charge in [-0.25, -0.2) is 0 Å². The van der Waals surface area contributed by atoms with Gasteiger partial charge in [-0.2, -0.15) is 0 Å². The molecule has 3 rings (SSSR count). The molecule has 0 heterocycles. The van der Waals surface area contributed by atoms with Crippen LogP contribution in [0.3, 0.4) is 0 Å². The van der Waals surface area contributed by atoms with Gasteiger partial charge >= 0.3 is 0 Å². The Labute approximate surface area is 191 Å². The molecule has 2 saturated carbocycles. The van der Waals surface area contributed by atoms with E-state index in [4.69, 9.17) is 0 Å². The highest BCUT2D eigenvalue weighted by Crippen LogP contribution is 2.59. The highest BCUT2D eigenvalue weighted by atomic mass is 16.3. The van der Waals surface area contributed by atoms with Crippen molar-refractivity contribution in [2.75, 3.05) is 6.61 Å². The molecule has 0 radical (unpaired) electrons. The number of fused-ring (bicyclic) bond motifs is 1. The number of hydrogen-bond donors (Lipinski definition) is 2. The summed E-state index contributed by atoms with van der Waals surface area (Å²) in [6.07, 6.45) is 10.7. The Morgan fingerprint density at radius 2 is 1.81 bits per heavy atom. The van der Waals surface area contributed by atoms with E-state index < -0.39 is 0 Å². The normalized spacial score (nSPS) is 40.5. The summed E-state index contributed by atoms with van der Waals surface area (Å²) in [6.45, 7) is 14.1. The molecule has 0 aliphatic heterocycles. The molecule has 0 amide bonds. The van der Waals surface area contributed by atoms with Crippen LogP contribution < -0.4 is 0 Å². The van der Waals surface area contributed by atoms with E-state index in [1.165, 1.54) is 24.8 Å². The summed E-state index contributed by atoms with van der Waals surface area (Å²) in [4.78, 5) is 13.8. The van der Waals surface area contributed by atoms with Crippen molar-refractivity contribution in [3.05, 3.63) is 11.6 Å². The Bertz CT molecular complexity index is 667. The molecule has 8 unspecified atom stereocenters. The van der Waals surface area contributed by atoms with Crippen molar-refractivity contribution in [1.29, 1.82) is 0 Å². The number of rotatable bonds is 8. The molecule has 2 N–H and O–H groups in total. The van der Waals surface area contributed by atoms with Gasteiger partial charge in [-0.15, -0.1) is 0 Å². The second kappa shape index (κ2) is 9.67. The Morgan fingerprint density at radius 3 is 2.45 bits per heavy atom. The molecule has 8 atom stereocenters. The van der Waals surface area contributed by atoms with Crippen LogP contribution in [0.25, 0.3) is 0 Å². The van der Waals surface area contributed by atoms with Gasteiger partial charge in [-0.05, 0) is 86.9 Å². The van der Waals surface area contributed by atoms with Crippen LogP contribution in [0.4, 0.5) is 0 Å². The van der Waals surface area contributed by atoms with Gasteiger partial charge in [0.05, 0.1) is 6.10 Å². The summed E-state index contributed by atoms with van der Waals surface area (Å²) in [5.41, 5.74) is 0.839. The Balaban J connectivity index is 1.79. The second-order valence-corrected chi connectivity index (χ2v) is 12.2. The molecule has 178 valence electrons. The molecule has 3 aliphatic rings. The third-order valence-electron chi connectivity index (χ3n) is 10.2. The smallest absolute Gasteiger partial charge is 0.146 e. The monoisotopic (exact) mass is 432 g/mol. The number of aliphatic hydroxyl groups is 2. The molecule has 31 heavy (non-hydrogen) atoms. The zero-order valence-corrected chi connectivity index (χ0v) is 21.0. The first-order valence-corrected chi connectivity index (χ1v) is 13.1. The number of allylic oxidation sites excluding steroid dienone is 1. The van der Waals surface area contributed by atoms with Gasteiger partial charge in [-0.3, -0.25) is 4.79 Å². The standard InChI is InChI=1S/C28H48O3/c1-18(2)19(3)7-8-20(4)24-11-12-25(28(24,6)15-16-29)23-10-9-21-17-22(30)13-14-27(21,5)26(23)31/h9,18-20,22-25,29-30H,7-8,10-17H2,1-6H3. The van der Waals surface area contributed by atoms with Gasteiger partial charge in [0.15, 0.2) is 0 Å². The lowest BCUT2D eigenvalue weighted by Crippen LogP contribution is -2.47. The van der Waals surface area contributed by atoms with E-state index in [2.05, 4.69) is 47.6 Å². The quantitative estimate of drug-likeness (QED) is 0.451. The van der Waals surface area contributed by atoms with Crippen LogP contribution in [0.5, 0.6) is 0 Å². The summed E-state index contributed by atoms with van der Waals surface area (Å²) in [6, 6.07) is 0. The fourth-order valence-corrected chi connectivity index (χ4v) is 7.48. The van der Waals surface area contributed by atoms with Crippen LogP contribution in [-0.2, 0) is 4.79 Å². The average Bonchev–Trinajstić information content (AvgIpc) is 3.04. The van der Waals surface area contributed by atoms with Crippen molar-refractivity contribution >= 4 is 5.78 Å². The molecule has 3 aliphatic carbocycles. The van der Waals surface area contributed by atoms with Gasteiger partial charge in [-0.1, -0.05) is 59.1 Å². The van der Waals surface area contributed by atoms with Gasteiger partial charge in [0.25, 0.3) is 0 Å². The Hall–Kier alpha value is -0.670. The number of carbonyl (C=O) groups is 1. The van der Waals surface area contributed by atoms with Crippen LogP contribution in [0.15, 0.2) is 11.6 Å². The molecule has 0 bridgehead atoms. The third kappa shape index (κ3) is 4.69. The number of ketones is 1. The van der Waals surface area contributed by atoms with Gasteiger partial charge in [0, 0.05) is 17.9 Å². The molecule has 3 heteroatoms. The highest BCUT2D eigenvalue weighted by Gasteiger charge is 2.55. The van der Waals surface area contributed by atoms with Crippen molar-refractivity contribution in [3.8, 4) is 0 Å². The highest BCUT2D eigenvalue weighted by molar-refractivity contribution is 5.91. The number of hydrogen-bond acceptors (Lipinski definition) is 3. The molecule has 0 aromatic carbocycles. The fourth-order valence-electron chi connectivity index (χ4n) is 7.48. The van der Waals surface area contributed by atoms with Crippen LogP contribution in [0.2, 0.25) is 0 Å². The molecule has 0 aromatic heterocycles. The maximum atomic E-state index is 13.8. The van der Waals surface area contributed by atoms with Crippen LogP contribution in [0.1, 0.15) is 99.3 Å². The number of Topliss-reactive ketones (excluding diaryl/α,β-unsaturated/α-hetero) is 1. The average molecular weight is 433 g/mol. The van der Waals surface area contributed by atoms with Crippen molar-refractivity contribution in [3.63, 3.8) is 0 Å². The van der Waals surface area contributed by atoms with E-state index in [9.17, 15) is 15.0 Å². The molecular formula is C28H48O3. The summed E-state index contributed by atoms with van der Waals surface area (Å²) < 4.78 is 0. The van der Waals surface area contributed by atoms with Gasteiger partial charge in [0.2, 0.25) is 0 Å². The predicted molar refractivity (Wildman–Crippen MR) is 128 cm³/mol. The van der Waals surface area contributed by atoms with Gasteiger partial charge < -0.3 is 10.2 Å². The first-order chi connectivity index (χ1) is 14.5. The van der Waals surface area contributed by atoms with E-state index in [1.54, 1.807) is 0 Å². The van der Waals surface area contributed by atoms with Crippen LogP contribution in [-0.4, -0.2) is 28.7 Å². The summed E-state index contributed by atoms with van der Waals surface area (Å²) in [5.74, 6) is 3.55. The third-order valence-corrected chi connectivity index (χ3v) is 10.2. The Kier molecular flexibility index (Phi) is 7.79. The van der Waals surface area contributed by atoms with E-state index >= 15 is 0 Å². The zero-order chi connectivity index (χ0) is 23.0. The van der Waals surface area contributed by atoms with E-state index in [1.807, 2.05) is 0 Å². The molecule has 0 saturated heterocycles. The maximum Gasteiger partial charge on any atom is 0.146 e. The summed E-state index contributed by atoms with van der Waals surface area (Å²) in [5, 5.41) is 20.1. The van der Waals surface area contributed by atoms with E-state index in [0.717, 1.165) is 43.9 Å². The molecule has 3 nitrogen and oxygen atoms in total. The minimum Gasteiger partial charge on any atom is -0.396 e. The second-order valence-electron chi connectivity index (χ2n) is 12.2. The predicted octanol–water partition coefficient (Wildman–Crippen LogP) is 6.18. The van der Waals surface area contributed by atoms with Gasteiger partial charge in [0.1, 0.15) is 5.78 Å². The minimum atomic E-state index is -0.376. The lowest BCUT2D eigenvalue weighted by Gasteiger charge is -2.48. The molecule has 0 spiro atoms. The van der Waals surface area contributed by atoms with Crippen molar-refractivity contribution in [2.45, 2.75) is 105 Å². The lowest BCUT2D eigenvalue weighted by molar-refractivity contribution is -0.136. The first-order valence-electron chi connectivity index (χ1n) is 13.1. The summed E-state index contributed by atoms with van der Waals surface area (Å²) >= 11 is 0.